The van der Waals surface area contributed by atoms with Gasteiger partial charge in [-0.2, -0.15) is 4.39 Å². The number of rotatable bonds is 2. The SMILES string of the molecule is Cc1ccc(C)n1NC(=O)c1ccnc(F)c1F. The van der Waals surface area contributed by atoms with Crippen LogP contribution in [0.1, 0.15) is 21.7 Å². The fourth-order valence-corrected chi connectivity index (χ4v) is 1.60. The predicted octanol–water partition coefficient (Wildman–Crippen LogP) is 2.16. The van der Waals surface area contributed by atoms with Crippen LogP contribution in [0, 0.1) is 25.6 Å². The number of amides is 1. The minimum atomic E-state index is -1.29. The van der Waals surface area contributed by atoms with Crippen molar-refractivity contribution < 1.29 is 13.6 Å². The molecule has 0 aliphatic carbocycles. The lowest BCUT2D eigenvalue weighted by Crippen LogP contribution is -2.25. The number of aryl methyl sites for hydroxylation is 2. The maximum Gasteiger partial charge on any atom is 0.273 e. The number of carbonyl (C=O) groups excluding carboxylic acids is 1. The summed E-state index contributed by atoms with van der Waals surface area (Å²) in [7, 11) is 0. The minimum Gasteiger partial charge on any atom is -0.267 e. The van der Waals surface area contributed by atoms with Crippen molar-refractivity contribution in [3.05, 3.63) is 53.1 Å². The summed E-state index contributed by atoms with van der Waals surface area (Å²) in [5.74, 6) is -3.27. The monoisotopic (exact) mass is 251 g/mol. The molecule has 0 saturated heterocycles. The number of carbonyl (C=O) groups is 1. The number of aromatic nitrogens is 2. The summed E-state index contributed by atoms with van der Waals surface area (Å²) >= 11 is 0. The molecule has 4 nitrogen and oxygen atoms in total. The first-order valence-corrected chi connectivity index (χ1v) is 5.27. The smallest absolute Gasteiger partial charge is 0.267 e. The van der Waals surface area contributed by atoms with Gasteiger partial charge in [0.1, 0.15) is 0 Å². The summed E-state index contributed by atoms with van der Waals surface area (Å²) in [5.41, 5.74) is 3.68. The van der Waals surface area contributed by atoms with E-state index in [2.05, 4.69) is 10.4 Å². The molecular formula is C12H11F2N3O. The van der Waals surface area contributed by atoms with E-state index in [0.717, 1.165) is 23.7 Å². The van der Waals surface area contributed by atoms with Crippen LogP contribution in [0.3, 0.4) is 0 Å². The maximum absolute atomic E-state index is 13.4. The van der Waals surface area contributed by atoms with Crippen LogP contribution in [-0.4, -0.2) is 15.6 Å². The van der Waals surface area contributed by atoms with E-state index in [1.165, 1.54) is 4.68 Å². The van der Waals surface area contributed by atoms with Crippen molar-refractivity contribution >= 4 is 5.91 Å². The largest absolute Gasteiger partial charge is 0.273 e. The lowest BCUT2D eigenvalue weighted by atomic mass is 10.2. The van der Waals surface area contributed by atoms with Crippen molar-refractivity contribution in [3.8, 4) is 0 Å². The van der Waals surface area contributed by atoms with Crippen molar-refractivity contribution in [2.45, 2.75) is 13.8 Å². The molecule has 0 saturated carbocycles. The summed E-state index contributed by atoms with van der Waals surface area (Å²) in [5, 5.41) is 0. The van der Waals surface area contributed by atoms with Gasteiger partial charge in [0.2, 0.25) is 5.95 Å². The Bertz CT molecular complexity index is 588. The van der Waals surface area contributed by atoms with Gasteiger partial charge in [-0.3, -0.25) is 14.9 Å². The topological polar surface area (TPSA) is 46.9 Å². The predicted molar refractivity (Wildman–Crippen MR) is 61.8 cm³/mol. The Hall–Kier alpha value is -2.24. The van der Waals surface area contributed by atoms with Crippen molar-refractivity contribution in [1.29, 1.82) is 0 Å². The van der Waals surface area contributed by atoms with E-state index in [-0.39, 0.29) is 5.56 Å². The molecule has 2 aromatic rings. The third-order valence-electron chi connectivity index (χ3n) is 2.58. The van der Waals surface area contributed by atoms with Gasteiger partial charge in [-0.1, -0.05) is 0 Å². The van der Waals surface area contributed by atoms with Gasteiger partial charge in [-0.05, 0) is 32.0 Å². The number of pyridine rings is 1. The van der Waals surface area contributed by atoms with Crippen molar-refractivity contribution in [2.24, 2.45) is 0 Å². The Labute approximate surface area is 102 Å². The summed E-state index contributed by atoms with van der Waals surface area (Å²) in [6, 6.07) is 4.74. The molecule has 6 heteroatoms. The highest BCUT2D eigenvalue weighted by Crippen LogP contribution is 2.10. The summed E-state index contributed by atoms with van der Waals surface area (Å²) in [6.45, 7) is 3.58. The highest BCUT2D eigenvalue weighted by molar-refractivity contribution is 6.00. The molecule has 1 amide bonds. The number of hydrogen-bond donors (Lipinski definition) is 1. The molecule has 18 heavy (non-hydrogen) atoms. The molecular weight excluding hydrogens is 240 g/mol. The second-order valence-corrected chi connectivity index (χ2v) is 3.86. The van der Waals surface area contributed by atoms with E-state index in [0.29, 0.717) is 0 Å². The van der Waals surface area contributed by atoms with E-state index in [1.54, 1.807) is 26.0 Å². The second-order valence-electron chi connectivity index (χ2n) is 3.86. The standard InChI is InChI=1S/C12H11F2N3O/c1-7-3-4-8(2)17(7)16-12(18)9-5-6-15-11(14)10(9)13/h3-6H,1-2H3,(H,16,18). The Morgan fingerprint density at radius 2 is 1.83 bits per heavy atom. The Morgan fingerprint density at radius 3 is 2.44 bits per heavy atom. The van der Waals surface area contributed by atoms with E-state index >= 15 is 0 Å². The molecule has 2 heterocycles. The lowest BCUT2D eigenvalue weighted by molar-refractivity contribution is 0.100. The third-order valence-corrected chi connectivity index (χ3v) is 2.58. The molecule has 0 fully saturated rings. The normalized spacial score (nSPS) is 10.4. The van der Waals surface area contributed by atoms with Gasteiger partial charge < -0.3 is 0 Å². The van der Waals surface area contributed by atoms with Crippen molar-refractivity contribution in [1.82, 2.24) is 9.66 Å². The first kappa shape index (κ1) is 12.2. The molecule has 0 aliphatic heterocycles. The zero-order valence-electron chi connectivity index (χ0n) is 9.87. The van der Waals surface area contributed by atoms with E-state index in [9.17, 15) is 13.6 Å². The molecule has 94 valence electrons. The minimum absolute atomic E-state index is 0.380. The fourth-order valence-electron chi connectivity index (χ4n) is 1.60. The molecule has 2 rings (SSSR count). The van der Waals surface area contributed by atoms with Gasteiger partial charge in [-0.15, -0.1) is 0 Å². The number of nitrogens with zero attached hydrogens (tertiary/aromatic N) is 2. The number of nitrogens with one attached hydrogen (secondary N) is 1. The van der Waals surface area contributed by atoms with Gasteiger partial charge in [0.05, 0.1) is 5.56 Å². The molecule has 0 aliphatic rings. The number of hydrogen-bond acceptors (Lipinski definition) is 2. The average Bonchev–Trinajstić information content (AvgIpc) is 2.64. The molecule has 1 N–H and O–H groups in total. The first-order chi connectivity index (χ1) is 8.50. The average molecular weight is 251 g/mol. The fraction of sp³-hybridized carbons (Fsp3) is 0.167. The quantitative estimate of drug-likeness (QED) is 0.831. The Morgan fingerprint density at radius 1 is 1.22 bits per heavy atom. The highest BCUT2D eigenvalue weighted by atomic mass is 19.2. The van der Waals surface area contributed by atoms with Crippen LogP contribution >= 0.6 is 0 Å². The molecule has 0 unspecified atom stereocenters. The van der Waals surface area contributed by atoms with Gasteiger partial charge in [0.15, 0.2) is 5.82 Å². The highest BCUT2D eigenvalue weighted by Gasteiger charge is 2.17. The van der Waals surface area contributed by atoms with Crippen molar-refractivity contribution in [2.75, 3.05) is 5.43 Å². The number of halogens is 2. The Kier molecular flexibility index (Phi) is 3.10. The van der Waals surface area contributed by atoms with Crippen LogP contribution in [0.4, 0.5) is 8.78 Å². The first-order valence-electron chi connectivity index (χ1n) is 5.27. The summed E-state index contributed by atoms with van der Waals surface area (Å²) < 4.78 is 27.8. The zero-order chi connectivity index (χ0) is 13.3. The molecule has 0 atom stereocenters. The molecule has 0 bridgehead atoms. The molecule has 2 aromatic heterocycles. The van der Waals surface area contributed by atoms with Crippen LogP contribution in [0.5, 0.6) is 0 Å². The second kappa shape index (κ2) is 4.56. The summed E-state index contributed by atoms with van der Waals surface area (Å²) in [6.07, 6.45) is 1.04. The van der Waals surface area contributed by atoms with Gasteiger partial charge in [-0.25, -0.2) is 9.37 Å². The van der Waals surface area contributed by atoms with Crippen LogP contribution in [-0.2, 0) is 0 Å². The van der Waals surface area contributed by atoms with Crippen LogP contribution in [0.2, 0.25) is 0 Å². The van der Waals surface area contributed by atoms with Crippen LogP contribution in [0.15, 0.2) is 24.4 Å². The van der Waals surface area contributed by atoms with Crippen LogP contribution in [0.25, 0.3) is 0 Å². The third kappa shape index (κ3) is 2.09. The van der Waals surface area contributed by atoms with Gasteiger partial charge in [0, 0.05) is 17.6 Å². The lowest BCUT2D eigenvalue weighted by Gasteiger charge is -2.11. The summed E-state index contributed by atoms with van der Waals surface area (Å²) in [4.78, 5) is 14.9. The molecule has 0 radical (unpaired) electrons. The van der Waals surface area contributed by atoms with Gasteiger partial charge in [0.25, 0.3) is 5.91 Å². The maximum atomic E-state index is 13.4. The molecule has 0 aromatic carbocycles. The van der Waals surface area contributed by atoms with Gasteiger partial charge >= 0.3 is 0 Å². The van der Waals surface area contributed by atoms with Crippen molar-refractivity contribution in [3.63, 3.8) is 0 Å². The van der Waals surface area contributed by atoms with E-state index in [1.807, 2.05) is 0 Å². The van der Waals surface area contributed by atoms with E-state index in [4.69, 9.17) is 0 Å². The van der Waals surface area contributed by atoms with Crippen LogP contribution < -0.4 is 5.43 Å². The zero-order valence-corrected chi connectivity index (χ0v) is 9.87. The van der Waals surface area contributed by atoms with E-state index < -0.39 is 17.7 Å². The Balaban J connectivity index is 2.31. The molecule has 0 spiro atoms.